The Hall–Kier alpha value is -1.53. The molecule has 0 amide bonds. The number of aliphatic imine (C=N–C) groups is 1. The molecule has 3 heterocycles. The fraction of sp³-hybridized carbons (Fsp3) is 0.750. The second kappa shape index (κ2) is 9.97. The molecule has 3 rings (SSSR count). The quantitative estimate of drug-likeness (QED) is 0.576. The van der Waals surface area contributed by atoms with E-state index in [1.165, 1.54) is 0 Å². The first kappa shape index (κ1) is 19.2. The van der Waals surface area contributed by atoms with Gasteiger partial charge in [0.05, 0.1) is 18.9 Å². The smallest absolute Gasteiger partial charge is 0.191 e. The van der Waals surface area contributed by atoms with Crippen molar-refractivity contribution >= 4 is 5.96 Å². The molecule has 1 unspecified atom stereocenters. The Morgan fingerprint density at radius 1 is 1.31 bits per heavy atom. The van der Waals surface area contributed by atoms with Crippen molar-refractivity contribution in [3.8, 4) is 0 Å². The van der Waals surface area contributed by atoms with Crippen LogP contribution in [0.2, 0.25) is 0 Å². The van der Waals surface area contributed by atoms with Gasteiger partial charge in [-0.1, -0.05) is 0 Å². The predicted molar refractivity (Wildman–Crippen MR) is 105 cm³/mol. The van der Waals surface area contributed by atoms with E-state index in [1.54, 1.807) is 6.26 Å². The fourth-order valence-corrected chi connectivity index (χ4v) is 3.65. The summed E-state index contributed by atoms with van der Waals surface area (Å²) in [5, 5.41) is 7.12. The molecule has 6 nitrogen and oxygen atoms in total. The fourth-order valence-electron chi connectivity index (χ4n) is 3.65. The highest BCUT2D eigenvalue weighted by atomic mass is 16.5. The van der Waals surface area contributed by atoms with Crippen LogP contribution in [-0.2, 0) is 11.2 Å². The number of nitrogens with zero attached hydrogens (tertiary/aromatic N) is 2. The molecule has 6 heteroatoms. The Kier molecular flexibility index (Phi) is 7.38. The maximum atomic E-state index is 5.71. The summed E-state index contributed by atoms with van der Waals surface area (Å²) >= 11 is 0. The number of likely N-dealkylation sites (tertiary alicyclic amines) is 1. The number of hydrogen-bond donors (Lipinski definition) is 2. The van der Waals surface area contributed by atoms with Gasteiger partial charge in [0.2, 0.25) is 0 Å². The van der Waals surface area contributed by atoms with Gasteiger partial charge in [-0.2, -0.15) is 0 Å². The second-order valence-corrected chi connectivity index (χ2v) is 7.63. The van der Waals surface area contributed by atoms with Crippen LogP contribution in [0.4, 0.5) is 0 Å². The first-order valence-corrected chi connectivity index (χ1v) is 10.1. The van der Waals surface area contributed by atoms with Crippen LogP contribution in [0.3, 0.4) is 0 Å². The molecule has 0 aliphatic carbocycles. The van der Waals surface area contributed by atoms with Gasteiger partial charge in [-0.25, -0.2) is 0 Å². The topological polar surface area (TPSA) is 62.0 Å². The molecule has 0 saturated carbocycles. The maximum Gasteiger partial charge on any atom is 0.191 e. The molecule has 1 atom stereocenters. The van der Waals surface area contributed by atoms with Crippen LogP contribution in [0.25, 0.3) is 0 Å². The lowest BCUT2D eigenvalue weighted by molar-refractivity contribution is 0.117. The van der Waals surface area contributed by atoms with E-state index in [4.69, 9.17) is 14.1 Å². The van der Waals surface area contributed by atoms with E-state index in [2.05, 4.69) is 29.4 Å². The van der Waals surface area contributed by atoms with Crippen molar-refractivity contribution in [2.24, 2.45) is 4.99 Å². The van der Waals surface area contributed by atoms with E-state index in [9.17, 15) is 0 Å². The summed E-state index contributed by atoms with van der Waals surface area (Å²) in [5.41, 5.74) is 0. The van der Waals surface area contributed by atoms with Crippen LogP contribution in [0.5, 0.6) is 0 Å². The lowest BCUT2D eigenvalue weighted by Gasteiger charge is -2.35. The summed E-state index contributed by atoms with van der Waals surface area (Å²) < 4.78 is 11.1. The van der Waals surface area contributed by atoms with E-state index in [0.29, 0.717) is 12.1 Å². The van der Waals surface area contributed by atoms with E-state index in [0.717, 1.165) is 76.6 Å². The summed E-state index contributed by atoms with van der Waals surface area (Å²) in [7, 11) is 0. The molecule has 2 fully saturated rings. The van der Waals surface area contributed by atoms with Crippen LogP contribution in [0, 0.1) is 0 Å². The zero-order valence-corrected chi connectivity index (χ0v) is 16.2. The van der Waals surface area contributed by atoms with Crippen molar-refractivity contribution in [3.05, 3.63) is 24.2 Å². The lowest BCUT2D eigenvalue weighted by Crippen LogP contribution is -2.50. The number of piperidine rings is 1. The van der Waals surface area contributed by atoms with E-state index in [-0.39, 0.29) is 6.10 Å². The molecule has 2 saturated heterocycles. The molecular formula is C20H34N4O2. The van der Waals surface area contributed by atoms with Crippen LogP contribution in [0.15, 0.2) is 27.8 Å². The average molecular weight is 363 g/mol. The number of guanidine groups is 1. The minimum atomic E-state index is 0.279. The molecule has 1 aromatic heterocycles. The largest absolute Gasteiger partial charge is 0.469 e. The average Bonchev–Trinajstić information content (AvgIpc) is 3.34. The van der Waals surface area contributed by atoms with E-state index in [1.807, 2.05) is 12.1 Å². The molecular weight excluding hydrogens is 328 g/mol. The second-order valence-electron chi connectivity index (χ2n) is 7.63. The van der Waals surface area contributed by atoms with Gasteiger partial charge in [0.25, 0.3) is 0 Å². The third-order valence-electron chi connectivity index (χ3n) is 5.32. The van der Waals surface area contributed by atoms with Crippen molar-refractivity contribution in [1.29, 1.82) is 0 Å². The van der Waals surface area contributed by atoms with Gasteiger partial charge in [0.1, 0.15) is 5.76 Å². The van der Waals surface area contributed by atoms with Gasteiger partial charge in [0, 0.05) is 44.7 Å². The molecule has 26 heavy (non-hydrogen) atoms. The Morgan fingerprint density at radius 2 is 2.15 bits per heavy atom. The van der Waals surface area contributed by atoms with Crippen molar-refractivity contribution < 1.29 is 9.15 Å². The van der Waals surface area contributed by atoms with Gasteiger partial charge in [-0.05, 0) is 51.7 Å². The molecule has 0 radical (unpaired) electrons. The molecule has 0 spiro atoms. The zero-order valence-electron chi connectivity index (χ0n) is 16.2. The van der Waals surface area contributed by atoms with Crippen LogP contribution in [0.1, 0.15) is 45.3 Å². The Morgan fingerprint density at radius 3 is 2.81 bits per heavy atom. The zero-order chi connectivity index (χ0) is 18.2. The first-order chi connectivity index (χ1) is 12.7. The maximum absolute atomic E-state index is 5.71. The summed E-state index contributed by atoms with van der Waals surface area (Å²) in [6.07, 6.45) is 7.47. The highest BCUT2D eigenvalue weighted by Gasteiger charge is 2.22. The minimum absolute atomic E-state index is 0.279. The van der Waals surface area contributed by atoms with E-state index >= 15 is 0 Å². The molecule has 2 aliphatic rings. The summed E-state index contributed by atoms with van der Waals surface area (Å²) in [6, 6.07) is 5.07. The van der Waals surface area contributed by atoms with Gasteiger partial charge in [0.15, 0.2) is 5.96 Å². The Bertz CT molecular complexity index is 530. The van der Waals surface area contributed by atoms with Crippen LogP contribution < -0.4 is 10.6 Å². The van der Waals surface area contributed by atoms with Gasteiger partial charge >= 0.3 is 0 Å². The van der Waals surface area contributed by atoms with Crippen molar-refractivity contribution in [3.63, 3.8) is 0 Å². The molecule has 1 aromatic rings. The van der Waals surface area contributed by atoms with Crippen molar-refractivity contribution in [2.45, 2.75) is 64.1 Å². The number of hydrogen-bond acceptors (Lipinski definition) is 4. The van der Waals surface area contributed by atoms with Gasteiger partial charge < -0.3 is 24.7 Å². The number of nitrogens with one attached hydrogen (secondary N) is 2. The number of furan rings is 1. The van der Waals surface area contributed by atoms with Gasteiger partial charge in [-0.3, -0.25) is 4.99 Å². The van der Waals surface area contributed by atoms with Gasteiger partial charge in [-0.15, -0.1) is 0 Å². The van der Waals surface area contributed by atoms with E-state index < -0.39 is 0 Å². The first-order valence-electron chi connectivity index (χ1n) is 10.1. The molecule has 0 bridgehead atoms. The van der Waals surface area contributed by atoms with Crippen molar-refractivity contribution in [1.82, 2.24) is 15.5 Å². The Balaban J connectivity index is 1.49. The Labute approximate surface area is 157 Å². The normalized spacial score (nSPS) is 22.9. The number of ether oxygens (including phenoxy) is 1. The summed E-state index contributed by atoms with van der Waals surface area (Å²) in [5.74, 6) is 1.91. The molecule has 2 N–H and O–H groups in total. The summed E-state index contributed by atoms with van der Waals surface area (Å²) in [4.78, 5) is 7.35. The van der Waals surface area contributed by atoms with Crippen LogP contribution in [-0.4, -0.2) is 61.8 Å². The lowest BCUT2D eigenvalue weighted by atomic mass is 10.0. The highest BCUT2D eigenvalue weighted by molar-refractivity contribution is 5.80. The number of rotatable bonds is 7. The third kappa shape index (κ3) is 6.02. The molecule has 0 aromatic carbocycles. The third-order valence-corrected chi connectivity index (χ3v) is 5.32. The van der Waals surface area contributed by atoms with Crippen molar-refractivity contribution in [2.75, 3.05) is 32.8 Å². The summed E-state index contributed by atoms with van der Waals surface area (Å²) in [6.45, 7) is 9.29. The minimum Gasteiger partial charge on any atom is -0.469 e. The predicted octanol–water partition coefficient (Wildman–Crippen LogP) is 2.41. The van der Waals surface area contributed by atoms with Crippen LogP contribution >= 0.6 is 0 Å². The molecule has 146 valence electrons. The monoisotopic (exact) mass is 362 g/mol. The standard InChI is InChI=1S/C20H34N4O2/c1-16(2)24-11-8-17(9-12-24)23-20(22-15-19-6-4-14-26-19)21-10-7-18-5-3-13-25-18/h3,5,13,16-17,19H,4,6-12,14-15H2,1-2H3,(H2,21,22,23). The highest BCUT2D eigenvalue weighted by Crippen LogP contribution is 2.14. The molecule has 2 aliphatic heterocycles. The SMILES string of the molecule is CC(C)N1CCC(NC(=NCC2CCCO2)NCCc2ccco2)CC1.